The first-order chi connectivity index (χ1) is 20.4. The number of carbonyl (C=O) groups is 3. The van der Waals surface area contributed by atoms with Crippen LogP contribution in [0.2, 0.25) is 0 Å². The Bertz CT molecular complexity index is 1640. The Morgan fingerprint density at radius 1 is 0.905 bits per heavy atom. The maximum Gasteiger partial charge on any atom is 0.319 e. The van der Waals surface area contributed by atoms with Gasteiger partial charge in [0.1, 0.15) is 0 Å². The number of nitrogens with one attached hydrogen (secondary N) is 5. The molecular formula is C33H32N6O3. The van der Waals surface area contributed by atoms with Gasteiger partial charge >= 0.3 is 6.03 Å². The maximum absolute atomic E-state index is 13.4. The summed E-state index contributed by atoms with van der Waals surface area (Å²) in [4.78, 5) is 42.8. The standard InChI is InChI=1S/C33H32N6O3/c1-3-35-33(42)38-26-13-7-9-22(17-26)19-36-30(25-12-8-16-34-20-25)29-27-18-24(14-15-28(27)39-32(29)41)31(40)37-21(2)23-10-5-4-6-11-23/h4-18,20-21,36H,3,19H2,1-2H3,(H,37,40)(H,39,41)(H2,35,38,42)/b30-29-/t21-/m1/s1. The lowest BCUT2D eigenvalue weighted by atomic mass is 9.98. The summed E-state index contributed by atoms with van der Waals surface area (Å²) in [5, 5.41) is 14.9. The van der Waals surface area contributed by atoms with E-state index in [1.165, 1.54) is 0 Å². The van der Waals surface area contributed by atoms with Crippen LogP contribution in [0.5, 0.6) is 0 Å². The van der Waals surface area contributed by atoms with Crippen LogP contribution in [0.1, 0.15) is 52.5 Å². The summed E-state index contributed by atoms with van der Waals surface area (Å²) in [6.07, 6.45) is 3.35. The molecule has 1 aliphatic heterocycles. The van der Waals surface area contributed by atoms with Gasteiger partial charge in [0.25, 0.3) is 11.8 Å². The van der Waals surface area contributed by atoms with Gasteiger partial charge in [-0.25, -0.2) is 4.79 Å². The molecule has 0 saturated carbocycles. The lowest BCUT2D eigenvalue weighted by molar-refractivity contribution is -0.110. The molecule has 1 aromatic heterocycles. The van der Waals surface area contributed by atoms with Crippen molar-refractivity contribution in [3.05, 3.63) is 125 Å². The molecule has 0 fully saturated rings. The number of rotatable bonds is 9. The second-order valence-corrected chi connectivity index (χ2v) is 9.85. The van der Waals surface area contributed by atoms with Gasteiger partial charge in [-0.2, -0.15) is 0 Å². The summed E-state index contributed by atoms with van der Waals surface area (Å²) in [6.45, 7) is 4.68. The molecule has 0 saturated heterocycles. The zero-order valence-electron chi connectivity index (χ0n) is 23.4. The average Bonchev–Trinajstić information content (AvgIpc) is 3.33. The van der Waals surface area contributed by atoms with Gasteiger partial charge < -0.3 is 26.6 Å². The second kappa shape index (κ2) is 12.8. The van der Waals surface area contributed by atoms with Crippen LogP contribution in [0.25, 0.3) is 11.3 Å². The van der Waals surface area contributed by atoms with E-state index in [0.29, 0.717) is 46.9 Å². The van der Waals surface area contributed by atoms with Crippen LogP contribution in [0.3, 0.4) is 0 Å². The molecule has 4 aromatic rings. The SMILES string of the molecule is CCNC(=O)Nc1cccc(CN/C(=C2\C(=O)Nc3ccc(C(=O)N[C@H](C)c4ccccc4)cc32)c2cccnc2)c1. The minimum Gasteiger partial charge on any atom is -0.380 e. The van der Waals surface area contributed by atoms with Crippen molar-refractivity contribution in [2.75, 3.05) is 17.2 Å². The van der Waals surface area contributed by atoms with Crippen LogP contribution in [0.4, 0.5) is 16.2 Å². The predicted molar refractivity (Wildman–Crippen MR) is 164 cm³/mol. The first-order valence-corrected chi connectivity index (χ1v) is 13.8. The van der Waals surface area contributed by atoms with Crippen molar-refractivity contribution in [1.82, 2.24) is 20.9 Å². The van der Waals surface area contributed by atoms with E-state index >= 15 is 0 Å². The highest BCUT2D eigenvalue weighted by Gasteiger charge is 2.29. The van der Waals surface area contributed by atoms with Crippen LogP contribution in [0.15, 0.2) is 97.3 Å². The third kappa shape index (κ3) is 6.47. The largest absolute Gasteiger partial charge is 0.380 e. The lowest BCUT2D eigenvalue weighted by Gasteiger charge is -2.16. The van der Waals surface area contributed by atoms with Gasteiger partial charge in [0.05, 0.1) is 17.3 Å². The topological polar surface area (TPSA) is 124 Å². The molecule has 1 aliphatic rings. The third-order valence-corrected chi connectivity index (χ3v) is 6.87. The summed E-state index contributed by atoms with van der Waals surface area (Å²) in [6, 6.07) is 25.6. The quantitative estimate of drug-likeness (QED) is 0.177. The molecule has 9 heteroatoms. The summed E-state index contributed by atoms with van der Waals surface area (Å²) in [7, 11) is 0. The van der Waals surface area contributed by atoms with Crippen molar-refractivity contribution in [1.29, 1.82) is 0 Å². The van der Waals surface area contributed by atoms with Crippen molar-refractivity contribution >= 4 is 40.5 Å². The minimum atomic E-state index is -0.280. The highest BCUT2D eigenvalue weighted by Crippen LogP contribution is 2.37. The van der Waals surface area contributed by atoms with Crippen LogP contribution >= 0.6 is 0 Å². The molecular weight excluding hydrogens is 528 g/mol. The number of hydrogen-bond donors (Lipinski definition) is 5. The molecule has 0 bridgehead atoms. The number of nitrogens with zero attached hydrogens (tertiary/aromatic N) is 1. The molecule has 0 radical (unpaired) electrons. The minimum absolute atomic E-state index is 0.187. The van der Waals surface area contributed by atoms with E-state index in [0.717, 1.165) is 16.7 Å². The van der Waals surface area contributed by atoms with Gasteiger partial charge in [-0.05, 0) is 67.4 Å². The van der Waals surface area contributed by atoms with E-state index in [1.807, 2.05) is 74.5 Å². The van der Waals surface area contributed by atoms with Gasteiger partial charge in [-0.15, -0.1) is 0 Å². The molecule has 1 atom stereocenters. The Hall–Kier alpha value is -5.44. The first kappa shape index (κ1) is 28.1. The predicted octanol–water partition coefficient (Wildman–Crippen LogP) is 5.32. The number of aromatic nitrogens is 1. The van der Waals surface area contributed by atoms with Crippen LogP contribution < -0.4 is 26.6 Å². The van der Waals surface area contributed by atoms with Crippen molar-refractivity contribution < 1.29 is 14.4 Å². The maximum atomic E-state index is 13.4. The van der Waals surface area contributed by atoms with Gasteiger partial charge in [0, 0.05) is 53.5 Å². The molecule has 2 heterocycles. The van der Waals surface area contributed by atoms with Gasteiger partial charge in [0.2, 0.25) is 0 Å². The zero-order chi connectivity index (χ0) is 29.5. The zero-order valence-corrected chi connectivity index (χ0v) is 23.4. The first-order valence-electron chi connectivity index (χ1n) is 13.8. The number of hydrogen-bond acceptors (Lipinski definition) is 5. The summed E-state index contributed by atoms with van der Waals surface area (Å²) in [5.74, 6) is -0.515. The lowest BCUT2D eigenvalue weighted by Crippen LogP contribution is -2.28. The molecule has 0 aliphatic carbocycles. The molecule has 3 aromatic carbocycles. The number of benzene rings is 3. The molecule has 212 valence electrons. The van der Waals surface area contributed by atoms with E-state index in [2.05, 4.69) is 31.6 Å². The summed E-state index contributed by atoms with van der Waals surface area (Å²) < 4.78 is 0. The molecule has 5 N–H and O–H groups in total. The third-order valence-electron chi connectivity index (χ3n) is 6.87. The average molecular weight is 561 g/mol. The fourth-order valence-corrected chi connectivity index (χ4v) is 4.79. The van der Waals surface area contributed by atoms with Gasteiger partial charge in [-0.1, -0.05) is 42.5 Å². The van der Waals surface area contributed by atoms with E-state index in [1.54, 1.807) is 36.7 Å². The number of anilines is 2. The Morgan fingerprint density at radius 2 is 1.74 bits per heavy atom. The highest BCUT2D eigenvalue weighted by molar-refractivity contribution is 6.36. The Labute approximate surface area is 244 Å². The smallest absolute Gasteiger partial charge is 0.319 e. The fraction of sp³-hybridized carbons (Fsp3) is 0.152. The van der Waals surface area contributed by atoms with E-state index in [9.17, 15) is 14.4 Å². The number of urea groups is 1. The van der Waals surface area contributed by atoms with E-state index in [-0.39, 0.29) is 23.9 Å². The molecule has 42 heavy (non-hydrogen) atoms. The second-order valence-electron chi connectivity index (χ2n) is 9.85. The fourth-order valence-electron chi connectivity index (χ4n) is 4.79. The Morgan fingerprint density at radius 3 is 2.50 bits per heavy atom. The van der Waals surface area contributed by atoms with Crippen molar-refractivity contribution in [3.8, 4) is 0 Å². The number of carbonyl (C=O) groups excluding carboxylic acids is 3. The summed E-state index contributed by atoms with van der Waals surface area (Å²) in [5.41, 5.74) is 5.96. The van der Waals surface area contributed by atoms with Crippen LogP contribution in [-0.4, -0.2) is 29.4 Å². The molecule has 0 spiro atoms. The number of pyridine rings is 1. The molecule has 9 nitrogen and oxygen atoms in total. The van der Waals surface area contributed by atoms with Gasteiger partial charge in [0.15, 0.2) is 0 Å². The summed E-state index contributed by atoms with van der Waals surface area (Å²) >= 11 is 0. The van der Waals surface area contributed by atoms with Crippen molar-refractivity contribution in [2.24, 2.45) is 0 Å². The Balaban J connectivity index is 1.45. The molecule has 5 rings (SSSR count). The number of amides is 4. The van der Waals surface area contributed by atoms with Gasteiger partial charge in [-0.3, -0.25) is 14.6 Å². The van der Waals surface area contributed by atoms with E-state index in [4.69, 9.17) is 0 Å². The molecule has 0 unspecified atom stereocenters. The van der Waals surface area contributed by atoms with Crippen LogP contribution in [-0.2, 0) is 11.3 Å². The normalized spacial score (nSPS) is 13.8. The Kier molecular flexibility index (Phi) is 8.58. The molecule has 4 amide bonds. The van der Waals surface area contributed by atoms with Crippen molar-refractivity contribution in [3.63, 3.8) is 0 Å². The monoisotopic (exact) mass is 560 g/mol. The number of fused-ring (bicyclic) bond motifs is 1. The van der Waals surface area contributed by atoms with Crippen molar-refractivity contribution in [2.45, 2.75) is 26.4 Å². The van der Waals surface area contributed by atoms with Crippen LogP contribution in [0, 0.1) is 0 Å². The van der Waals surface area contributed by atoms with E-state index < -0.39 is 0 Å². The highest BCUT2D eigenvalue weighted by atomic mass is 16.2.